The zero-order chi connectivity index (χ0) is 13.2. The van der Waals surface area contributed by atoms with Crippen molar-refractivity contribution in [3.8, 4) is 0 Å². The van der Waals surface area contributed by atoms with Crippen LogP contribution in [-0.4, -0.2) is 13.1 Å². The van der Waals surface area contributed by atoms with Gasteiger partial charge < -0.3 is 5.32 Å². The average Bonchev–Trinajstić information content (AvgIpc) is 2.77. The van der Waals surface area contributed by atoms with Crippen molar-refractivity contribution in [2.75, 3.05) is 7.05 Å². The van der Waals surface area contributed by atoms with Gasteiger partial charge in [-0.1, -0.05) is 38.0 Å². The standard InChI is InChI=1S/C17H27N/c1-13-8-7-9-14(2)15(13)12-16(18-4)17(3)10-5-6-11-17/h7-9,16,18H,5-6,10-12H2,1-4H3. The fourth-order valence-corrected chi connectivity index (χ4v) is 3.60. The average molecular weight is 245 g/mol. The van der Waals surface area contributed by atoms with Crippen LogP contribution in [0.25, 0.3) is 0 Å². The smallest absolute Gasteiger partial charge is 0.0158 e. The molecule has 18 heavy (non-hydrogen) atoms. The van der Waals surface area contributed by atoms with Crippen LogP contribution in [0.4, 0.5) is 0 Å². The minimum atomic E-state index is 0.490. The molecule has 0 saturated heterocycles. The molecule has 100 valence electrons. The molecule has 1 fully saturated rings. The molecule has 1 N–H and O–H groups in total. The van der Waals surface area contributed by atoms with Crippen LogP contribution in [-0.2, 0) is 6.42 Å². The molecule has 1 aliphatic carbocycles. The molecule has 0 heterocycles. The number of benzene rings is 1. The maximum Gasteiger partial charge on any atom is 0.0158 e. The Morgan fingerprint density at radius 1 is 1.17 bits per heavy atom. The molecule has 1 nitrogen and oxygen atoms in total. The monoisotopic (exact) mass is 245 g/mol. The van der Waals surface area contributed by atoms with Gasteiger partial charge in [-0.3, -0.25) is 0 Å². The van der Waals surface area contributed by atoms with Crippen molar-refractivity contribution in [2.24, 2.45) is 5.41 Å². The number of hydrogen-bond donors (Lipinski definition) is 1. The number of nitrogens with one attached hydrogen (secondary N) is 1. The molecule has 2 rings (SSSR count). The van der Waals surface area contributed by atoms with Crippen LogP contribution in [0, 0.1) is 19.3 Å². The van der Waals surface area contributed by atoms with Gasteiger partial charge in [-0.05, 0) is 62.3 Å². The summed E-state index contributed by atoms with van der Waals surface area (Å²) in [5.41, 5.74) is 4.92. The highest BCUT2D eigenvalue weighted by Crippen LogP contribution is 2.41. The van der Waals surface area contributed by atoms with Crippen LogP contribution in [0.3, 0.4) is 0 Å². The van der Waals surface area contributed by atoms with Crippen LogP contribution in [0.1, 0.15) is 49.3 Å². The molecule has 0 bridgehead atoms. The van der Waals surface area contributed by atoms with Crippen LogP contribution in [0.5, 0.6) is 0 Å². The van der Waals surface area contributed by atoms with E-state index in [9.17, 15) is 0 Å². The predicted molar refractivity (Wildman–Crippen MR) is 79.0 cm³/mol. The number of aryl methyl sites for hydroxylation is 2. The van der Waals surface area contributed by atoms with Crippen molar-refractivity contribution in [3.05, 3.63) is 34.9 Å². The van der Waals surface area contributed by atoms with Crippen molar-refractivity contribution in [2.45, 2.75) is 58.9 Å². The summed E-state index contributed by atoms with van der Waals surface area (Å²) in [6.45, 7) is 6.95. The molecular weight excluding hydrogens is 218 g/mol. The van der Waals surface area contributed by atoms with E-state index in [1.165, 1.54) is 43.2 Å². The first-order valence-electron chi connectivity index (χ1n) is 7.29. The third-order valence-corrected chi connectivity index (χ3v) is 4.99. The molecule has 0 radical (unpaired) electrons. The Balaban J connectivity index is 2.20. The highest BCUT2D eigenvalue weighted by molar-refractivity contribution is 5.34. The topological polar surface area (TPSA) is 12.0 Å². The summed E-state index contributed by atoms with van der Waals surface area (Å²) in [4.78, 5) is 0. The molecule has 0 spiro atoms. The summed E-state index contributed by atoms with van der Waals surface area (Å²) in [6, 6.07) is 7.26. The van der Waals surface area contributed by atoms with Gasteiger partial charge in [0.25, 0.3) is 0 Å². The minimum absolute atomic E-state index is 0.490. The van der Waals surface area contributed by atoms with E-state index in [0.717, 1.165) is 0 Å². The maximum absolute atomic E-state index is 3.59. The van der Waals surface area contributed by atoms with Crippen molar-refractivity contribution in [1.82, 2.24) is 5.32 Å². The Morgan fingerprint density at radius 3 is 2.22 bits per heavy atom. The Hall–Kier alpha value is -0.820. The van der Waals surface area contributed by atoms with E-state index >= 15 is 0 Å². The fourth-order valence-electron chi connectivity index (χ4n) is 3.60. The van der Waals surface area contributed by atoms with E-state index in [1.807, 2.05) is 0 Å². The Labute approximate surface area is 112 Å². The van der Waals surface area contributed by atoms with Crippen molar-refractivity contribution in [1.29, 1.82) is 0 Å². The van der Waals surface area contributed by atoms with Crippen LogP contribution in [0.15, 0.2) is 18.2 Å². The number of hydrogen-bond acceptors (Lipinski definition) is 1. The van der Waals surface area contributed by atoms with Gasteiger partial charge in [-0.2, -0.15) is 0 Å². The summed E-state index contributed by atoms with van der Waals surface area (Å²) >= 11 is 0. The van der Waals surface area contributed by atoms with Gasteiger partial charge in [0.15, 0.2) is 0 Å². The van der Waals surface area contributed by atoms with Crippen LogP contribution >= 0.6 is 0 Å². The van der Waals surface area contributed by atoms with E-state index < -0.39 is 0 Å². The van der Waals surface area contributed by atoms with Gasteiger partial charge in [-0.25, -0.2) is 0 Å². The summed E-state index contributed by atoms with van der Waals surface area (Å²) in [5.74, 6) is 0. The lowest BCUT2D eigenvalue weighted by Gasteiger charge is -2.35. The molecule has 0 aromatic heterocycles. The summed E-state index contributed by atoms with van der Waals surface area (Å²) < 4.78 is 0. The normalized spacial score (nSPS) is 20.0. The van der Waals surface area contributed by atoms with Gasteiger partial charge in [0.1, 0.15) is 0 Å². The highest BCUT2D eigenvalue weighted by Gasteiger charge is 2.36. The highest BCUT2D eigenvalue weighted by atomic mass is 14.9. The second-order valence-corrected chi connectivity index (χ2v) is 6.28. The lowest BCUT2D eigenvalue weighted by atomic mass is 9.77. The quantitative estimate of drug-likeness (QED) is 0.845. The Bertz CT molecular complexity index is 382. The van der Waals surface area contributed by atoms with Gasteiger partial charge in [0.05, 0.1) is 0 Å². The van der Waals surface area contributed by atoms with Crippen molar-refractivity contribution >= 4 is 0 Å². The molecule has 1 aliphatic rings. The molecule has 1 aromatic rings. The van der Waals surface area contributed by atoms with E-state index in [-0.39, 0.29) is 0 Å². The van der Waals surface area contributed by atoms with Gasteiger partial charge >= 0.3 is 0 Å². The van der Waals surface area contributed by atoms with Crippen molar-refractivity contribution < 1.29 is 0 Å². The zero-order valence-corrected chi connectivity index (χ0v) is 12.3. The SMILES string of the molecule is CNC(Cc1c(C)cccc1C)C1(C)CCCC1. The molecule has 1 saturated carbocycles. The molecule has 0 amide bonds. The minimum Gasteiger partial charge on any atom is -0.316 e. The maximum atomic E-state index is 3.59. The summed E-state index contributed by atoms with van der Waals surface area (Å²) in [6.07, 6.45) is 6.74. The van der Waals surface area contributed by atoms with Crippen LogP contribution < -0.4 is 5.32 Å². The third kappa shape index (κ3) is 2.61. The summed E-state index contributed by atoms with van der Waals surface area (Å²) in [5, 5.41) is 3.59. The third-order valence-electron chi connectivity index (χ3n) is 4.99. The van der Waals surface area contributed by atoms with E-state index in [2.05, 4.69) is 51.3 Å². The Morgan fingerprint density at radius 2 is 1.72 bits per heavy atom. The van der Waals surface area contributed by atoms with Crippen molar-refractivity contribution in [3.63, 3.8) is 0 Å². The van der Waals surface area contributed by atoms with Gasteiger partial charge in [0, 0.05) is 6.04 Å². The van der Waals surface area contributed by atoms with Gasteiger partial charge in [0.2, 0.25) is 0 Å². The molecule has 1 aromatic carbocycles. The zero-order valence-electron chi connectivity index (χ0n) is 12.3. The first-order chi connectivity index (χ1) is 8.57. The van der Waals surface area contributed by atoms with E-state index in [0.29, 0.717) is 11.5 Å². The molecular formula is C17H27N. The molecule has 0 aliphatic heterocycles. The number of likely N-dealkylation sites (N-methyl/N-ethyl adjacent to an activating group) is 1. The van der Waals surface area contributed by atoms with Crippen LogP contribution in [0.2, 0.25) is 0 Å². The predicted octanol–water partition coefficient (Wildman–Crippen LogP) is 4.01. The second-order valence-electron chi connectivity index (χ2n) is 6.28. The first kappa shape index (κ1) is 13.6. The molecule has 1 unspecified atom stereocenters. The number of rotatable bonds is 4. The van der Waals surface area contributed by atoms with E-state index in [4.69, 9.17) is 0 Å². The van der Waals surface area contributed by atoms with E-state index in [1.54, 1.807) is 5.56 Å². The molecule has 1 heteroatoms. The second kappa shape index (κ2) is 5.44. The lowest BCUT2D eigenvalue weighted by molar-refractivity contribution is 0.229. The lowest BCUT2D eigenvalue weighted by Crippen LogP contribution is -2.42. The fraction of sp³-hybridized carbons (Fsp3) is 0.647. The largest absolute Gasteiger partial charge is 0.316 e. The Kier molecular flexibility index (Phi) is 4.11. The first-order valence-corrected chi connectivity index (χ1v) is 7.29. The van der Waals surface area contributed by atoms with Gasteiger partial charge in [-0.15, -0.1) is 0 Å². The summed E-state index contributed by atoms with van der Waals surface area (Å²) in [7, 11) is 2.13. The molecule has 1 atom stereocenters.